The summed E-state index contributed by atoms with van der Waals surface area (Å²) in [6.45, 7) is 12.9. The number of likely N-dealkylation sites (tertiary alicyclic amines) is 2. The average Bonchev–Trinajstić information content (AvgIpc) is 2.88. The van der Waals surface area contributed by atoms with Crippen LogP contribution in [0.3, 0.4) is 0 Å². The van der Waals surface area contributed by atoms with Crippen LogP contribution in [0.5, 0.6) is 0 Å². The molecule has 0 amide bonds. The molecule has 1 unspecified atom stereocenters. The highest BCUT2D eigenvalue weighted by Crippen LogP contribution is 2.22. The molecule has 0 aromatic rings. The van der Waals surface area contributed by atoms with E-state index in [0.717, 1.165) is 11.8 Å². The van der Waals surface area contributed by atoms with Crippen molar-refractivity contribution in [1.82, 2.24) is 20.0 Å². The third-order valence-electron chi connectivity index (χ3n) is 5.44. The van der Waals surface area contributed by atoms with Crippen LogP contribution in [0.2, 0.25) is 0 Å². The topological polar surface area (TPSA) is 21.8 Å². The van der Waals surface area contributed by atoms with E-state index in [1.54, 1.807) is 0 Å². The van der Waals surface area contributed by atoms with E-state index < -0.39 is 0 Å². The maximum absolute atomic E-state index is 3.45. The van der Waals surface area contributed by atoms with Crippen molar-refractivity contribution in [2.75, 3.05) is 72.5 Å². The molecule has 0 bridgehead atoms. The molecule has 4 heteroatoms. The van der Waals surface area contributed by atoms with Gasteiger partial charge in [0.1, 0.15) is 0 Å². The summed E-state index contributed by atoms with van der Waals surface area (Å²) in [5, 5.41) is 3.45. The number of rotatable bonds is 4. The molecule has 3 heterocycles. The molecule has 0 aliphatic carbocycles. The molecule has 0 spiro atoms. The lowest BCUT2D eigenvalue weighted by atomic mass is 9.95. The molecule has 3 aliphatic heterocycles. The molecular formula is C16H32N4. The number of piperazine rings is 1. The van der Waals surface area contributed by atoms with Gasteiger partial charge >= 0.3 is 0 Å². The molecule has 1 atom stereocenters. The predicted octanol–water partition coefficient (Wildman–Crippen LogP) is 0.555. The quantitative estimate of drug-likeness (QED) is 0.812. The highest BCUT2D eigenvalue weighted by molar-refractivity contribution is 4.81. The standard InChI is InChI=1S/C16H32N4/c1-18-7-2-16(12-18)14-19-8-3-15(4-9-19)13-20-10-5-17-6-11-20/h15-17H,2-14H2,1H3. The van der Waals surface area contributed by atoms with E-state index in [9.17, 15) is 0 Å². The fraction of sp³-hybridized carbons (Fsp3) is 1.00. The minimum Gasteiger partial charge on any atom is -0.314 e. The van der Waals surface area contributed by atoms with Crippen molar-refractivity contribution >= 4 is 0 Å². The molecule has 0 saturated carbocycles. The number of hydrogen-bond donors (Lipinski definition) is 1. The summed E-state index contributed by atoms with van der Waals surface area (Å²) in [7, 11) is 2.26. The first-order valence-corrected chi connectivity index (χ1v) is 8.63. The zero-order valence-electron chi connectivity index (χ0n) is 13.2. The van der Waals surface area contributed by atoms with E-state index in [1.165, 1.54) is 84.7 Å². The van der Waals surface area contributed by atoms with E-state index >= 15 is 0 Å². The van der Waals surface area contributed by atoms with Crippen molar-refractivity contribution in [3.05, 3.63) is 0 Å². The third-order valence-corrected chi connectivity index (χ3v) is 5.44. The SMILES string of the molecule is CN1CCC(CN2CCC(CN3CCNCC3)CC2)C1. The first kappa shape index (κ1) is 14.8. The number of nitrogens with zero attached hydrogens (tertiary/aromatic N) is 3. The van der Waals surface area contributed by atoms with Crippen molar-refractivity contribution in [3.63, 3.8) is 0 Å². The lowest BCUT2D eigenvalue weighted by Crippen LogP contribution is -2.47. The highest BCUT2D eigenvalue weighted by atomic mass is 15.2. The van der Waals surface area contributed by atoms with Crippen LogP contribution in [0, 0.1) is 11.8 Å². The summed E-state index contributed by atoms with van der Waals surface area (Å²) in [5.74, 6) is 1.89. The van der Waals surface area contributed by atoms with E-state index in [4.69, 9.17) is 0 Å². The predicted molar refractivity (Wildman–Crippen MR) is 84.1 cm³/mol. The van der Waals surface area contributed by atoms with Gasteiger partial charge in [0.25, 0.3) is 0 Å². The van der Waals surface area contributed by atoms with Gasteiger partial charge in [0, 0.05) is 45.8 Å². The maximum Gasteiger partial charge on any atom is 0.0107 e. The Balaban J connectivity index is 1.34. The molecule has 4 nitrogen and oxygen atoms in total. The van der Waals surface area contributed by atoms with E-state index in [1.807, 2.05) is 0 Å². The van der Waals surface area contributed by atoms with Crippen LogP contribution in [0.1, 0.15) is 19.3 Å². The molecule has 3 rings (SSSR count). The minimum absolute atomic E-state index is 0.935. The van der Waals surface area contributed by atoms with Gasteiger partial charge in [0.2, 0.25) is 0 Å². The highest BCUT2D eigenvalue weighted by Gasteiger charge is 2.26. The zero-order valence-corrected chi connectivity index (χ0v) is 13.2. The zero-order chi connectivity index (χ0) is 13.8. The van der Waals surface area contributed by atoms with Crippen molar-refractivity contribution < 1.29 is 0 Å². The van der Waals surface area contributed by atoms with Gasteiger partial charge in [-0.25, -0.2) is 0 Å². The Bertz CT molecular complexity index is 267. The largest absolute Gasteiger partial charge is 0.314 e. The van der Waals surface area contributed by atoms with Gasteiger partial charge in [-0.1, -0.05) is 0 Å². The van der Waals surface area contributed by atoms with E-state index in [2.05, 4.69) is 27.1 Å². The molecular weight excluding hydrogens is 248 g/mol. The first-order valence-electron chi connectivity index (χ1n) is 8.63. The Kier molecular flexibility index (Phi) is 5.32. The fourth-order valence-electron chi connectivity index (χ4n) is 4.15. The van der Waals surface area contributed by atoms with Gasteiger partial charge in [-0.3, -0.25) is 0 Å². The smallest absolute Gasteiger partial charge is 0.0107 e. The van der Waals surface area contributed by atoms with Crippen LogP contribution in [0.25, 0.3) is 0 Å². The Hall–Kier alpha value is -0.160. The minimum atomic E-state index is 0.935. The molecule has 1 N–H and O–H groups in total. The van der Waals surface area contributed by atoms with E-state index in [-0.39, 0.29) is 0 Å². The summed E-state index contributed by atoms with van der Waals surface area (Å²) in [4.78, 5) is 7.89. The molecule has 0 aromatic carbocycles. The fourth-order valence-corrected chi connectivity index (χ4v) is 4.15. The Morgan fingerprint density at radius 2 is 1.40 bits per heavy atom. The monoisotopic (exact) mass is 280 g/mol. The average molecular weight is 280 g/mol. The van der Waals surface area contributed by atoms with Crippen molar-refractivity contribution in [2.24, 2.45) is 11.8 Å². The van der Waals surface area contributed by atoms with Crippen LogP contribution in [-0.2, 0) is 0 Å². The van der Waals surface area contributed by atoms with Crippen LogP contribution in [0.4, 0.5) is 0 Å². The number of nitrogens with one attached hydrogen (secondary N) is 1. The second kappa shape index (κ2) is 7.21. The van der Waals surface area contributed by atoms with Crippen molar-refractivity contribution in [2.45, 2.75) is 19.3 Å². The Morgan fingerprint density at radius 1 is 0.800 bits per heavy atom. The third kappa shape index (κ3) is 4.17. The van der Waals surface area contributed by atoms with Gasteiger partial charge in [-0.2, -0.15) is 0 Å². The van der Waals surface area contributed by atoms with Crippen molar-refractivity contribution in [3.8, 4) is 0 Å². The van der Waals surface area contributed by atoms with Crippen molar-refractivity contribution in [1.29, 1.82) is 0 Å². The summed E-state index contributed by atoms with van der Waals surface area (Å²) in [5.41, 5.74) is 0. The number of hydrogen-bond acceptors (Lipinski definition) is 4. The van der Waals surface area contributed by atoms with Gasteiger partial charge in [-0.15, -0.1) is 0 Å². The van der Waals surface area contributed by atoms with Crippen LogP contribution < -0.4 is 5.32 Å². The van der Waals surface area contributed by atoms with Gasteiger partial charge in [-0.05, 0) is 57.8 Å². The second-order valence-electron chi connectivity index (χ2n) is 7.21. The molecule has 3 aliphatic rings. The van der Waals surface area contributed by atoms with Gasteiger partial charge < -0.3 is 20.0 Å². The molecule has 0 radical (unpaired) electrons. The maximum atomic E-state index is 3.45. The normalized spacial score (nSPS) is 31.9. The lowest BCUT2D eigenvalue weighted by molar-refractivity contribution is 0.125. The van der Waals surface area contributed by atoms with Gasteiger partial charge in [0.05, 0.1) is 0 Å². The molecule has 3 fully saturated rings. The Labute approximate surface area is 124 Å². The Morgan fingerprint density at radius 3 is 2.05 bits per heavy atom. The van der Waals surface area contributed by atoms with Crippen LogP contribution in [0.15, 0.2) is 0 Å². The summed E-state index contributed by atoms with van der Waals surface area (Å²) >= 11 is 0. The van der Waals surface area contributed by atoms with Crippen LogP contribution >= 0.6 is 0 Å². The molecule has 116 valence electrons. The number of piperidine rings is 1. The molecule has 0 aromatic heterocycles. The van der Waals surface area contributed by atoms with Crippen LogP contribution in [-0.4, -0.2) is 87.2 Å². The second-order valence-corrected chi connectivity index (χ2v) is 7.21. The summed E-state index contributed by atoms with van der Waals surface area (Å²) in [6.07, 6.45) is 4.26. The first-order chi connectivity index (χ1) is 9.79. The van der Waals surface area contributed by atoms with E-state index in [0.29, 0.717) is 0 Å². The van der Waals surface area contributed by atoms with Gasteiger partial charge in [0.15, 0.2) is 0 Å². The summed E-state index contributed by atoms with van der Waals surface area (Å²) < 4.78 is 0. The lowest BCUT2D eigenvalue weighted by Gasteiger charge is -2.37. The summed E-state index contributed by atoms with van der Waals surface area (Å²) in [6, 6.07) is 0. The molecule has 20 heavy (non-hydrogen) atoms. The molecule has 3 saturated heterocycles.